The van der Waals surface area contributed by atoms with Gasteiger partial charge in [-0.3, -0.25) is 4.79 Å². The summed E-state index contributed by atoms with van der Waals surface area (Å²) in [5.41, 5.74) is 0.443. The zero-order chi connectivity index (χ0) is 26.9. The molecule has 0 spiro atoms. The van der Waals surface area contributed by atoms with Gasteiger partial charge in [-0.1, -0.05) is 0 Å². The van der Waals surface area contributed by atoms with Crippen molar-refractivity contribution in [3.8, 4) is 23.0 Å². The van der Waals surface area contributed by atoms with Crippen LogP contribution in [-0.2, 0) is 10.0 Å². The Hall–Kier alpha value is -4.51. The van der Waals surface area contributed by atoms with Gasteiger partial charge in [-0.25, -0.2) is 17.2 Å². The maximum atomic E-state index is 13.7. The number of nitrogens with zero attached hydrogens (tertiary/aromatic N) is 1. The van der Waals surface area contributed by atoms with E-state index in [0.717, 1.165) is 3.97 Å². The lowest BCUT2D eigenvalue weighted by molar-refractivity contribution is 0.0696. The zero-order valence-corrected chi connectivity index (χ0v) is 21.2. The van der Waals surface area contributed by atoms with Gasteiger partial charge in [0, 0.05) is 28.8 Å². The Kier molecular flexibility index (Phi) is 6.82. The zero-order valence-electron chi connectivity index (χ0n) is 20.3. The number of carbonyl (C=O) groups excluding carboxylic acids is 1. The molecule has 0 atom stereocenters. The standard InChI is InChI=1S/C26H23NO9S/c1-33-17-7-10-19-20(24(28)16-11-22(34-2)25(36-4)23(12-16)35-3)14-27(21(19)13-17)37(31,32)18-8-5-15(6-9-18)26(29)30/h5-14H,1-4H3,(H,29,30). The van der Waals surface area contributed by atoms with Gasteiger partial charge in [0.25, 0.3) is 10.0 Å². The van der Waals surface area contributed by atoms with Crippen LogP contribution in [0.3, 0.4) is 0 Å². The minimum absolute atomic E-state index is 0.0590. The van der Waals surface area contributed by atoms with Crippen LogP contribution in [-0.4, -0.2) is 57.7 Å². The Morgan fingerprint density at radius 3 is 1.92 bits per heavy atom. The molecule has 0 aliphatic rings. The molecule has 1 aromatic heterocycles. The molecule has 192 valence electrons. The molecule has 0 radical (unpaired) electrons. The van der Waals surface area contributed by atoms with Gasteiger partial charge in [0.15, 0.2) is 17.3 Å². The summed E-state index contributed by atoms with van der Waals surface area (Å²) < 4.78 is 49.5. The fourth-order valence-electron chi connectivity index (χ4n) is 3.94. The topological polar surface area (TPSA) is 130 Å². The van der Waals surface area contributed by atoms with Crippen LogP contribution in [0.25, 0.3) is 10.9 Å². The Morgan fingerprint density at radius 2 is 1.41 bits per heavy atom. The first kappa shape index (κ1) is 25.6. The number of fused-ring (bicyclic) bond motifs is 1. The number of ketones is 1. The summed E-state index contributed by atoms with van der Waals surface area (Å²) in [4.78, 5) is 24.7. The molecule has 0 bridgehead atoms. The van der Waals surface area contributed by atoms with Crippen molar-refractivity contribution in [2.24, 2.45) is 0 Å². The monoisotopic (exact) mass is 525 g/mol. The van der Waals surface area contributed by atoms with Gasteiger partial charge < -0.3 is 24.1 Å². The van der Waals surface area contributed by atoms with Crippen molar-refractivity contribution < 1.29 is 42.1 Å². The average molecular weight is 526 g/mol. The minimum atomic E-state index is -4.22. The van der Waals surface area contributed by atoms with Gasteiger partial charge in [-0.05, 0) is 48.5 Å². The van der Waals surface area contributed by atoms with Crippen LogP contribution >= 0.6 is 0 Å². The molecular formula is C26H23NO9S. The van der Waals surface area contributed by atoms with Gasteiger partial charge in [0.05, 0.1) is 44.4 Å². The van der Waals surface area contributed by atoms with Crippen molar-refractivity contribution in [2.45, 2.75) is 4.90 Å². The van der Waals surface area contributed by atoms with E-state index in [4.69, 9.17) is 24.1 Å². The van der Waals surface area contributed by atoms with Gasteiger partial charge in [-0.15, -0.1) is 0 Å². The molecule has 0 fully saturated rings. The van der Waals surface area contributed by atoms with Crippen LogP contribution in [0.5, 0.6) is 23.0 Å². The summed E-state index contributed by atoms with van der Waals surface area (Å²) in [6.45, 7) is 0. The van der Waals surface area contributed by atoms with E-state index in [1.165, 1.54) is 77.1 Å². The first-order valence-corrected chi connectivity index (χ1v) is 12.2. The van der Waals surface area contributed by atoms with Gasteiger partial charge in [0.1, 0.15) is 5.75 Å². The summed E-state index contributed by atoms with van der Waals surface area (Å²) >= 11 is 0. The number of hydrogen-bond donors (Lipinski definition) is 1. The third kappa shape index (κ3) is 4.45. The quantitative estimate of drug-likeness (QED) is 0.324. The van der Waals surface area contributed by atoms with E-state index >= 15 is 0 Å². The predicted octanol–water partition coefficient (Wildman–Crippen LogP) is 3.84. The third-order valence-electron chi connectivity index (χ3n) is 5.81. The molecule has 10 nitrogen and oxygen atoms in total. The molecular weight excluding hydrogens is 502 g/mol. The van der Waals surface area contributed by atoms with Crippen molar-refractivity contribution in [3.05, 3.63) is 77.5 Å². The first-order valence-electron chi connectivity index (χ1n) is 10.8. The molecule has 0 aliphatic carbocycles. The van der Waals surface area contributed by atoms with E-state index in [1.54, 1.807) is 12.1 Å². The van der Waals surface area contributed by atoms with E-state index in [0.29, 0.717) is 16.9 Å². The SMILES string of the molecule is COc1ccc2c(C(=O)c3cc(OC)c(OC)c(OC)c3)cn(S(=O)(=O)c3ccc(C(=O)O)cc3)c2c1. The maximum absolute atomic E-state index is 13.7. The van der Waals surface area contributed by atoms with E-state index < -0.39 is 21.8 Å². The molecule has 0 saturated carbocycles. The van der Waals surface area contributed by atoms with Gasteiger partial charge in [0.2, 0.25) is 5.75 Å². The molecule has 1 N–H and O–H groups in total. The van der Waals surface area contributed by atoms with E-state index in [-0.39, 0.29) is 38.6 Å². The lowest BCUT2D eigenvalue weighted by Gasteiger charge is -2.13. The van der Waals surface area contributed by atoms with E-state index in [2.05, 4.69) is 0 Å². The Bertz CT molecular complexity index is 1600. The van der Waals surface area contributed by atoms with Crippen molar-refractivity contribution in [1.82, 2.24) is 3.97 Å². The highest BCUT2D eigenvalue weighted by Gasteiger charge is 2.26. The number of benzene rings is 3. The van der Waals surface area contributed by atoms with Crippen LogP contribution in [0.4, 0.5) is 0 Å². The largest absolute Gasteiger partial charge is 0.497 e. The fraction of sp³-hybridized carbons (Fsp3) is 0.154. The summed E-state index contributed by atoms with van der Waals surface area (Å²) in [5.74, 6) is -0.442. The second-order valence-corrected chi connectivity index (χ2v) is 9.61. The molecule has 4 aromatic rings. The Balaban J connectivity index is 1.92. The number of carbonyl (C=O) groups is 2. The summed E-state index contributed by atoms with van der Waals surface area (Å²) in [7, 11) is 1.51. The Labute approximate surface area is 212 Å². The molecule has 0 saturated heterocycles. The van der Waals surface area contributed by atoms with Crippen LogP contribution in [0.15, 0.2) is 65.7 Å². The second-order valence-electron chi connectivity index (χ2n) is 7.80. The molecule has 4 rings (SSSR count). The summed E-state index contributed by atoms with van der Waals surface area (Å²) in [6, 6.07) is 12.5. The van der Waals surface area contributed by atoms with Crippen molar-refractivity contribution in [1.29, 1.82) is 0 Å². The molecule has 0 amide bonds. The maximum Gasteiger partial charge on any atom is 0.335 e. The number of methoxy groups -OCH3 is 4. The second kappa shape index (κ2) is 9.86. The van der Waals surface area contributed by atoms with Crippen molar-refractivity contribution >= 4 is 32.7 Å². The van der Waals surface area contributed by atoms with Crippen LogP contribution in [0.1, 0.15) is 26.3 Å². The lowest BCUT2D eigenvalue weighted by atomic mass is 10.0. The average Bonchev–Trinajstić information content (AvgIpc) is 3.31. The molecule has 37 heavy (non-hydrogen) atoms. The number of carboxylic acid groups (broad SMARTS) is 1. The summed E-state index contributed by atoms with van der Waals surface area (Å²) in [6.07, 6.45) is 1.23. The van der Waals surface area contributed by atoms with Gasteiger partial charge >= 0.3 is 5.97 Å². The van der Waals surface area contributed by atoms with Crippen LogP contribution in [0.2, 0.25) is 0 Å². The number of aromatic nitrogens is 1. The third-order valence-corrected chi connectivity index (χ3v) is 7.50. The van der Waals surface area contributed by atoms with E-state index in [9.17, 15) is 18.0 Å². The predicted molar refractivity (Wildman–Crippen MR) is 134 cm³/mol. The van der Waals surface area contributed by atoms with Crippen LogP contribution < -0.4 is 18.9 Å². The molecule has 11 heteroatoms. The number of ether oxygens (including phenoxy) is 4. The number of hydrogen-bond acceptors (Lipinski definition) is 8. The van der Waals surface area contributed by atoms with Gasteiger partial charge in [-0.2, -0.15) is 0 Å². The fourth-order valence-corrected chi connectivity index (χ4v) is 5.30. The summed E-state index contributed by atoms with van der Waals surface area (Å²) in [5, 5.41) is 9.51. The molecule has 3 aromatic carbocycles. The highest BCUT2D eigenvalue weighted by atomic mass is 32.2. The molecule has 0 unspecified atom stereocenters. The number of rotatable bonds is 9. The van der Waals surface area contributed by atoms with Crippen LogP contribution in [0, 0.1) is 0 Å². The highest BCUT2D eigenvalue weighted by Crippen LogP contribution is 2.39. The molecule has 0 aliphatic heterocycles. The lowest BCUT2D eigenvalue weighted by Crippen LogP contribution is -2.12. The highest BCUT2D eigenvalue weighted by molar-refractivity contribution is 7.90. The van der Waals surface area contributed by atoms with E-state index in [1.807, 2.05) is 0 Å². The minimum Gasteiger partial charge on any atom is -0.497 e. The van der Waals surface area contributed by atoms with Crippen molar-refractivity contribution in [3.63, 3.8) is 0 Å². The Morgan fingerprint density at radius 1 is 0.784 bits per heavy atom. The first-order chi connectivity index (χ1) is 17.7. The number of aromatic carboxylic acids is 1. The number of carboxylic acids is 1. The van der Waals surface area contributed by atoms with Crippen molar-refractivity contribution in [2.75, 3.05) is 28.4 Å². The molecule has 1 heterocycles. The smallest absolute Gasteiger partial charge is 0.335 e. The normalized spacial score (nSPS) is 11.2.